The summed E-state index contributed by atoms with van der Waals surface area (Å²) in [6.45, 7) is 0.373. The summed E-state index contributed by atoms with van der Waals surface area (Å²) in [5.41, 5.74) is 2.06. The fraction of sp³-hybridized carbons (Fsp3) is 0.143. The molecule has 0 atom stereocenters. The van der Waals surface area contributed by atoms with Crippen molar-refractivity contribution >= 4 is 17.5 Å². The Morgan fingerprint density at radius 1 is 1.26 bits per heavy atom. The molecule has 1 amide bonds. The van der Waals surface area contributed by atoms with Gasteiger partial charge in [0.05, 0.1) is 11.6 Å². The smallest absolute Gasteiger partial charge is 0.270 e. The minimum atomic E-state index is -0.258. The number of aliphatic hydroxyl groups excluding tert-OH is 1. The molecular formula is C14H13ClN2O2. The predicted octanol–water partition coefficient (Wildman–Crippen LogP) is 2.16. The average molecular weight is 277 g/mol. The van der Waals surface area contributed by atoms with Gasteiger partial charge in [0.1, 0.15) is 5.69 Å². The van der Waals surface area contributed by atoms with E-state index in [4.69, 9.17) is 16.7 Å². The maximum atomic E-state index is 11.8. The molecule has 2 rings (SSSR count). The number of carbonyl (C=O) groups is 1. The number of carbonyl (C=O) groups excluding carboxylic acids is 1. The van der Waals surface area contributed by atoms with Crippen LogP contribution in [0.1, 0.15) is 21.6 Å². The van der Waals surface area contributed by atoms with Crippen molar-refractivity contribution < 1.29 is 9.90 Å². The molecule has 0 spiro atoms. The Labute approximate surface area is 116 Å². The van der Waals surface area contributed by atoms with E-state index in [0.717, 1.165) is 11.1 Å². The zero-order valence-corrected chi connectivity index (χ0v) is 10.9. The van der Waals surface area contributed by atoms with Crippen molar-refractivity contribution in [2.75, 3.05) is 0 Å². The quantitative estimate of drug-likeness (QED) is 0.899. The molecule has 1 heterocycles. The van der Waals surface area contributed by atoms with E-state index in [1.165, 1.54) is 6.20 Å². The van der Waals surface area contributed by atoms with Crippen molar-refractivity contribution in [3.63, 3.8) is 0 Å². The van der Waals surface area contributed by atoms with E-state index >= 15 is 0 Å². The number of nitrogens with zero attached hydrogens (tertiary/aromatic N) is 1. The molecule has 1 aromatic carbocycles. The highest BCUT2D eigenvalue weighted by molar-refractivity contribution is 6.30. The van der Waals surface area contributed by atoms with Gasteiger partial charge in [-0.1, -0.05) is 35.9 Å². The first-order valence-electron chi connectivity index (χ1n) is 5.77. The first-order valence-corrected chi connectivity index (χ1v) is 6.15. The van der Waals surface area contributed by atoms with Gasteiger partial charge < -0.3 is 10.4 Å². The van der Waals surface area contributed by atoms with Gasteiger partial charge >= 0.3 is 0 Å². The molecule has 0 aliphatic rings. The number of nitrogens with one attached hydrogen (secondary N) is 1. The zero-order valence-electron chi connectivity index (χ0n) is 10.1. The Morgan fingerprint density at radius 2 is 2.05 bits per heavy atom. The van der Waals surface area contributed by atoms with Crippen LogP contribution >= 0.6 is 11.6 Å². The van der Waals surface area contributed by atoms with E-state index in [0.29, 0.717) is 17.3 Å². The highest BCUT2D eigenvalue weighted by atomic mass is 35.5. The first-order chi connectivity index (χ1) is 9.19. The van der Waals surface area contributed by atoms with Crippen LogP contribution < -0.4 is 5.32 Å². The number of hydrogen-bond acceptors (Lipinski definition) is 3. The minimum absolute atomic E-state index is 0.0134. The Morgan fingerprint density at radius 3 is 2.74 bits per heavy atom. The molecule has 19 heavy (non-hydrogen) atoms. The van der Waals surface area contributed by atoms with Crippen molar-refractivity contribution in [3.8, 4) is 0 Å². The van der Waals surface area contributed by atoms with E-state index in [-0.39, 0.29) is 12.5 Å². The zero-order chi connectivity index (χ0) is 13.7. The normalized spacial score (nSPS) is 10.2. The van der Waals surface area contributed by atoms with Crippen LogP contribution in [0.2, 0.25) is 5.02 Å². The van der Waals surface area contributed by atoms with Crippen LogP contribution in [0.15, 0.2) is 42.6 Å². The number of aromatic nitrogens is 1. The van der Waals surface area contributed by atoms with Gasteiger partial charge in [-0.2, -0.15) is 0 Å². The maximum Gasteiger partial charge on any atom is 0.270 e. The van der Waals surface area contributed by atoms with Crippen LogP contribution in [-0.4, -0.2) is 16.0 Å². The SMILES string of the molecule is O=C(NCc1cccc(CO)c1)c1ccc(Cl)cn1. The average Bonchev–Trinajstić information content (AvgIpc) is 2.46. The van der Waals surface area contributed by atoms with E-state index in [1.54, 1.807) is 12.1 Å². The lowest BCUT2D eigenvalue weighted by Gasteiger charge is -2.06. The summed E-state index contributed by atoms with van der Waals surface area (Å²) in [5.74, 6) is -0.258. The molecule has 1 aromatic heterocycles. The van der Waals surface area contributed by atoms with Crippen LogP contribution in [0, 0.1) is 0 Å². The molecule has 0 fully saturated rings. The van der Waals surface area contributed by atoms with Gasteiger partial charge in [0, 0.05) is 12.7 Å². The second-order valence-electron chi connectivity index (χ2n) is 4.02. The number of pyridine rings is 1. The van der Waals surface area contributed by atoms with Crippen LogP contribution in [0.5, 0.6) is 0 Å². The number of halogens is 1. The number of hydrogen-bond donors (Lipinski definition) is 2. The molecule has 2 N–H and O–H groups in total. The third-order valence-electron chi connectivity index (χ3n) is 2.59. The lowest BCUT2D eigenvalue weighted by Crippen LogP contribution is -2.23. The van der Waals surface area contributed by atoms with Gasteiger partial charge in [-0.25, -0.2) is 4.98 Å². The third kappa shape index (κ3) is 3.77. The van der Waals surface area contributed by atoms with Crippen LogP contribution in [0.25, 0.3) is 0 Å². The second-order valence-corrected chi connectivity index (χ2v) is 4.46. The summed E-state index contributed by atoms with van der Waals surface area (Å²) >= 11 is 5.70. The molecule has 0 aliphatic carbocycles. The monoisotopic (exact) mass is 276 g/mol. The summed E-state index contributed by atoms with van der Waals surface area (Å²) in [4.78, 5) is 15.8. The molecule has 2 aromatic rings. The molecule has 0 saturated heterocycles. The molecule has 0 radical (unpaired) electrons. The topological polar surface area (TPSA) is 62.2 Å². The third-order valence-corrected chi connectivity index (χ3v) is 2.81. The number of benzene rings is 1. The first kappa shape index (κ1) is 13.5. The van der Waals surface area contributed by atoms with Crippen LogP contribution in [-0.2, 0) is 13.2 Å². The summed E-state index contributed by atoms with van der Waals surface area (Å²) in [6, 6.07) is 10.6. The summed E-state index contributed by atoms with van der Waals surface area (Å²) in [5, 5.41) is 12.3. The lowest BCUT2D eigenvalue weighted by molar-refractivity contribution is 0.0946. The summed E-state index contributed by atoms with van der Waals surface area (Å²) < 4.78 is 0. The molecule has 98 valence electrons. The van der Waals surface area contributed by atoms with Gasteiger partial charge in [0.2, 0.25) is 0 Å². The van der Waals surface area contributed by atoms with Gasteiger partial charge in [-0.05, 0) is 23.3 Å². The fourth-order valence-corrected chi connectivity index (χ4v) is 1.73. The number of aliphatic hydroxyl groups is 1. The van der Waals surface area contributed by atoms with E-state index in [2.05, 4.69) is 10.3 Å². The Balaban J connectivity index is 1.98. The van der Waals surface area contributed by atoms with Crippen LogP contribution in [0.3, 0.4) is 0 Å². The highest BCUT2D eigenvalue weighted by Gasteiger charge is 2.06. The maximum absolute atomic E-state index is 11.8. The Bertz CT molecular complexity index is 570. The highest BCUT2D eigenvalue weighted by Crippen LogP contribution is 2.07. The van der Waals surface area contributed by atoms with Crippen LogP contribution in [0.4, 0.5) is 0 Å². The van der Waals surface area contributed by atoms with E-state index in [1.807, 2.05) is 24.3 Å². The van der Waals surface area contributed by atoms with Crippen molar-refractivity contribution in [2.24, 2.45) is 0 Å². The minimum Gasteiger partial charge on any atom is -0.392 e. The fourth-order valence-electron chi connectivity index (χ4n) is 1.62. The molecule has 0 aliphatic heterocycles. The lowest BCUT2D eigenvalue weighted by atomic mass is 10.1. The number of rotatable bonds is 4. The second kappa shape index (κ2) is 6.31. The Kier molecular flexibility index (Phi) is 4.49. The van der Waals surface area contributed by atoms with Gasteiger partial charge in [0.25, 0.3) is 5.91 Å². The Hall–Kier alpha value is -1.91. The predicted molar refractivity (Wildman–Crippen MR) is 72.8 cm³/mol. The molecule has 0 bridgehead atoms. The molecule has 0 saturated carbocycles. The molecule has 5 heteroatoms. The molecule has 0 unspecified atom stereocenters. The standard InChI is InChI=1S/C14H13ClN2O2/c15-12-4-5-13(16-8-12)14(19)17-7-10-2-1-3-11(6-10)9-18/h1-6,8,18H,7,9H2,(H,17,19). The van der Waals surface area contributed by atoms with Gasteiger partial charge in [0.15, 0.2) is 0 Å². The van der Waals surface area contributed by atoms with Crippen molar-refractivity contribution in [1.82, 2.24) is 10.3 Å². The molecular weight excluding hydrogens is 264 g/mol. The number of amides is 1. The van der Waals surface area contributed by atoms with Crippen molar-refractivity contribution in [1.29, 1.82) is 0 Å². The summed E-state index contributed by atoms with van der Waals surface area (Å²) in [6.07, 6.45) is 1.43. The van der Waals surface area contributed by atoms with Gasteiger partial charge in [-0.15, -0.1) is 0 Å². The van der Waals surface area contributed by atoms with Gasteiger partial charge in [-0.3, -0.25) is 4.79 Å². The van der Waals surface area contributed by atoms with Crippen molar-refractivity contribution in [2.45, 2.75) is 13.2 Å². The van der Waals surface area contributed by atoms with E-state index in [9.17, 15) is 4.79 Å². The van der Waals surface area contributed by atoms with Crippen molar-refractivity contribution in [3.05, 3.63) is 64.4 Å². The van der Waals surface area contributed by atoms with E-state index < -0.39 is 0 Å². The summed E-state index contributed by atoms with van der Waals surface area (Å²) in [7, 11) is 0. The molecule has 4 nitrogen and oxygen atoms in total. The largest absolute Gasteiger partial charge is 0.392 e.